The summed E-state index contributed by atoms with van der Waals surface area (Å²) in [7, 11) is 0. The van der Waals surface area contributed by atoms with Crippen LogP contribution in [-0.4, -0.2) is 23.4 Å². The average molecular weight is 509 g/mol. The van der Waals surface area contributed by atoms with E-state index in [0.29, 0.717) is 11.3 Å². The smallest absolute Gasteiger partial charge is 0.340 e. The second-order valence-corrected chi connectivity index (χ2v) is 8.82. The maximum atomic E-state index is 13.4. The molecule has 190 valence electrons. The molecule has 0 aromatic heterocycles. The van der Waals surface area contributed by atoms with Crippen molar-refractivity contribution in [3.8, 4) is 5.75 Å². The molecular formula is C30H24N2O6. The van der Waals surface area contributed by atoms with Gasteiger partial charge in [-0.2, -0.15) is 0 Å². The Morgan fingerprint density at radius 1 is 1.00 bits per heavy atom. The van der Waals surface area contributed by atoms with Gasteiger partial charge in [-0.25, -0.2) is 4.79 Å². The van der Waals surface area contributed by atoms with E-state index in [4.69, 9.17) is 9.47 Å². The highest BCUT2D eigenvalue weighted by atomic mass is 16.6. The number of hydrogen-bond donors (Lipinski definition) is 1. The number of carbonyl (C=O) groups excluding carboxylic acids is 2. The fourth-order valence-corrected chi connectivity index (χ4v) is 4.72. The van der Waals surface area contributed by atoms with Crippen LogP contribution in [0, 0.1) is 17.0 Å². The number of rotatable bonds is 6. The van der Waals surface area contributed by atoms with Gasteiger partial charge in [0.05, 0.1) is 17.4 Å². The number of nitrogens with one attached hydrogen (secondary N) is 1. The summed E-state index contributed by atoms with van der Waals surface area (Å²) in [5, 5.41) is 16.0. The molecule has 0 spiro atoms. The van der Waals surface area contributed by atoms with Gasteiger partial charge in [0.25, 0.3) is 11.6 Å². The first-order chi connectivity index (χ1) is 18.4. The number of esters is 1. The molecule has 1 atom stereocenters. The Hall–Kier alpha value is -4.98. The van der Waals surface area contributed by atoms with Gasteiger partial charge in [-0.15, -0.1) is 0 Å². The van der Waals surface area contributed by atoms with Gasteiger partial charge in [0.15, 0.2) is 0 Å². The molecule has 1 unspecified atom stereocenters. The highest BCUT2D eigenvalue weighted by Gasteiger charge is 2.38. The summed E-state index contributed by atoms with van der Waals surface area (Å²) in [6.07, 6.45) is 0. The molecule has 1 heterocycles. The van der Waals surface area contributed by atoms with E-state index in [0.717, 1.165) is 21.9 Å². The molecule has 4 aromatic carbocycles. The molecule has 0 fully saturated rings. The number of hydrogen-bond acceptors (Lipinski definition) is 6. The number of ether oxygens (including phenoxy) is 2. The maximum absolute atomic E-state index is 13.4. The Kier molecular flexibility index (Phi) is 6.62. The molecular weight excluding hydrogens is 484 g/mol. The summed E-state index contributed by atoms with van der Waals surface area (Å²) < 4.78 is 11.6. The largest absolute Gasteiger partial charge is 0.462 e. The predicted octanol–water partition coefficient (Wildman–Crippen LogP) is 5.79. The second-order valence-electron chi connectivity index (χ2n) is 8.82. The number of amides is 1. The van der Waals surface area contributed by atoms with Crippen LogP contribution >= 0.6 is 0 Å². The van der Waals surface area contributed by atoms with Gasteiger partial charge >= 0.3 is 5.97 Å². The summed E-state index contributed by atoms with van der Waals surface area (Å²) in [6.45, 7) is 3.42. The van der Waals surface area contributed by atoms with E-state index in [9.17, 15) is 19.7 Å². The van der Waals surface area contributed by atoms with Crippen molar-refractivity contribution in [3.05, 3.63) is 129 Å². The van der Waals surface area contributed by atoms with Crippen LogP contribution in [0.5, 0.6) is 5.75 Å². The van der Waals surface area contributed by atoms with Crippen molar-refractivity contribution in [1.29, 1.82) is 0 Å². The lowest BCUT2D eigenvalue weighted by molar-refractivity contribution is -0.385. The Bertz CT molecular complexity index is 1610. The number of fused-ring (bicyclic) bond motifs is 3. The minimum atomic E-state index is -0.652. The van der Waals surface area contributed by atoms with Crippen LogP contribution in [0.3, 0.4) is 0 Å². The van der Waals surface area contributed by atoms with Crippen molar-refractivity contribution in [2.75, 3.05) is 6.61 Å². The van der Waals surface area contributed by atoms with E-state index in [2.05, 4.69) is 5.32 Å². The normalized spacial score (nSPS) is 14.4. The van der Waals surface area contributed by atoms with Crippen molar-refractivity contribution in [1.82, 2.24) is 5.32 Å². The van der Waals surface area contributed by atoms with E-state index >= 15 is 0 Å². The highest BCUT2D eigenvalue weighted by Crippen LogP contribution is 2.46. The van der Waals surface area contributed by atoms with Crippen LogP contribution in [0.2, 0.25) is 0 Å². The molecule has 4 aromatic rings. The first-order valence-corrected chi connectivity index (χ1v) is 12.1. The lowest BCUT2D eigenvalue weighted by atomic mass is 9.80. The number of aryl methyl sites for hydroxylation is 1. The molecule has 38 heavy (non-hydrogen) atoms. The summed E-state index contributed by atoms with van der Waals surface area (Å²) in [5.74, 6) is -1.48. The molecule has 0 bridgehead atoms. The highest BCUT2D eigenvalue weighted by molar-refractivity contribution is 6.00. The monoisotopic (exact) mass is 508 g/mol. The minimum absolute atomic E-state index is 0.0576. The zero-order valence-electron chi connectivity index (χ0n) is 20.8. The lowest BCUT2D eigenvalue weighted by Gasteiger charge is -2.31. The first kappa shape index (κ1) is 24.7. The maximum Gasteiger partial charge on any atom is 0.340 e. The van der Waals surface area contributed by atoms with Crippen LogP contribution in [0.15, 0.2) is 96.4 Å². The standard InChI is InChI=1S/C30H24N2O6/c1-3-37-30(34)27-25(20-10-5-4-6-11-20)26-22-12-8-7-9-19(22)15-16-24(26)38-29(27)31-28(33)21-14-13-18(2)23(17-21)32(35)36/h4-17,25H,3H2,1-2H3,(H,31,33). The quantitative estimate of drug-likeness (QED) is 0.201. The van der Waals surface area contributed by atoms with Gasteiger partial charge in [-0.3, -0.25) is 20.2 Å². The third-order valence-electron chi connectivity index (χ3n) is 6.49. The number of nitro benzene ring substituents is 1. The predicted molar refractivity (Wildman–Crippen MR) is 142 cm³/mol. The van der Waals surface area contributed by atoms with Crippen LogP contribution in [-0.2, 0) is 9.53 Å². The minimum Gasteiger partial charge on any atom is -0.462 e. The van der Waals surface area contributed by atoms with Crippen molar-refractivity contribution < 1.29 is 24.0 Å². The summed E-state index contributed by atoms with van der Waals surface area (Å²) in [4.78, 5) is 37.6. The number of nitro groups is 1. The molecule has 1 aliphatic heterocycles. The summed E-state index contributed by atoms with van der Waals surface area (Å²) in [5.41, 5.74) is 2.03. The Balaban J connectivity index is 1.69. The van der Waals surface area contributed by atoms with Gasteiger partial charge in [0.1, 0.15) is 11.3 Å². The second kappa shape index (κ2) is 10.2. The van der Waals surface area contributed by atoms with E-state index in [-0.39, 0.29) is 29.3 Å². The topological polar surface area (TPSA) is 108 Å². The fraction of sp³-hybridized carbons (Fsp3) is 0.133. The Morgan fingerprint density at radius 2 is 1.74 bits per heavy atom. The van der Waals surface area contributed by atoms with Gasteiger partial charge in [0.2, 0.25) is 5.88 Å². The Labute approximate surface area is 218 Å². The Morgan fingerprint density at radius 3 is 2.47 bits per heavy atom. The zero-order chi connectivity index (χ0) is 26.8. The summed E-state index contributed by atoms with van der Waals surface area (Å²) >= 11 is 0. The molecule has 1 N–H and O–H groups in total. The molecule has 0 radical (unpaired) electrons. The molecule has 1 aliphatic rings. The zero-order valence-corrected chi connectivity index (χ0v) is 20.8. The van der Waals surface area contributed by atoms with E-state index in [1.807, 2.05) is 60.7 Å². The van der Waals surface area contributed by atoms with E-state index < -0.39 is 22.7 Å². The third kappa shape index (κ3) is 4.48. The lowest BCUT2D eigenvalue weighted by Crippen LogP contribution is -2.34. The van der Waals surface area contributed by atoms with Crippen LogP contribution in [0.4, 0.5) is 5.69 Å². The van der Waals surface area contributed by atoms with Crippen LogP contribution < -0.4 is 10.1 Å². The molecule has 8 heteroatoms. The van der Waals surface area contributed by atoms with Crippen LogP contribution in [0.1, 0.15) is 39.9 Å². The van der Waals surface area contributed by atoms with Crippen molar-refractivity contribution >= 4 is 28.3 Å². The van der Waals surface area contributed by atoms with E-state index in [1.54, 1.807) is 19.9 Å². The molecule has 0 saturated carbocycles. The number of benzene rings is 4. The van der Waals surface area contributed by atoms with Crippen molar-refractivity contribution in [2.45, 2.75) is 19.8 Å². The molecule has 1 amide bonds. The van der Waals surface area contributed by atoms with Crippen molar-refractivity contribution in [2.24, 2.45) is 0 Å². The first-order valence-electron chi connectivity index (χ1n) is 12.1. The third-order valence-corrected chi connectivity index (χ3v) is 6.49. The fourth-order valence-electron chi connectivity index (χ4n) is 4.72. The van der Waals surface area contributed by atoms with Crippen molar-refractivity contribution in [3.63, 3.8) is 0 Å². The van der Waals surface area contributed by atoms with Gasteiger partial charge < -0.3 is 9.47 Å². The number of carbonyl (C=O) groups is 2. The molecule has 5 rings (SSSR count). The summed E-state index contributed by atoms with van der Waals surface area (Å²) in [6, 6.07) is 25.2. The van der Waals surface area contributed by atoms with Crippen LogP contribution in [0.25, 0.3) is 10.8 Å². The van der Waals surface area contributed by atoms with E-state index in [1.165, 1.54) is 18.2 Å². The molecule has 8 nitrogen and oxygen atoms in total. The van der Waals surface area contributed by atoms with Gasteiger partial charge in [-0.05, 0) is 42.3 Å². The molecule has 0 saturated heterocycles. The van der Waals surface area contributed by atoms with Gasteiger partial charge in [0, 0.05) is 22.8 Å². The SMILES string of the molecule is CCOC(=O)C1=C(NC(=O)c2ccc(C)c([N+](=O)[O-])c2)Oc2ccc3ccccc3c2C1c1ccccc1. The van der Waals surface area contributed by atoms with Gasteiger partial charge in [-0.1, -0.05) is 66.7 Å². The number of nitrogens with zero attached hydrogens (tertiary/aromatic N) is 1. The average Bonchev–Trinajstić information content (AvgIpc) is 2.92. The molecule has 0 aliphatic carbocycles.